The van der Waals surface area contributed by atoms with Crippen molar-refractivity contribution in [2.75, 3.05) is 14.1 Å². The number of rotatable bonds is 6. The van der Waals surface area contributed by atoms with Crippen molar-refractivity contribution in [3.05, 3.63) is 71.3 Å². The van der Waals surface area contributed by atoms with Gasteiger partial charge in [0.2, 0.25) is 5.91 Å². The van der Waals surface area contributed by atoms with E-state index in [2.05, 4.69) is 24.4 Å². The molecule has 0 heterocycles. The Hall–Kier alpha value is -2.62. The van der Waals surface area contributed by atoms with Crippen LogP contribution in [-0.2, 0) is 11.3 Å². The zero-order chi connectivity index (χ0) is 17.5. The lowest BCUT2D eigenvalue weighted by atomic mass is 9.97. The Kier molecular flexibility index (Phi) is 6.13. The number of carbonyl (C=O) groups excluding carboxylic acids is 2. The van der Waals surface area contributed by atoms with Crippen LogP contribution in [0.15, 0.2) is 54.6 Å². The quantitative estimate of drug-likeness (QED) is 0.887. The van der Waals surface area contributed by atoms with Crippen LogP contribution in [-0.4, -0.2) is 30.8 Å². The summed E-state index contributed by atoms with van der Waals surface area (Å²) in [5, 5.41) is 2.59. The maximum Gasteiger partial charge on any atom is 0.251 e. The molecule has 2 aromatic rings. The third-order valence-corrected chi connectivity index (χ3v) is 4.14. The van der Waals surface area contributed by atoms with Gasteiger partial charge in [0.15, 0.2) is 0 Å². The van der Waals surface area contributed by atoms with Gasteiger partial charge in [-0.15, -0.1) is 0 Å². The van der Waals surface area contributed by atoms with E-state index in [1.807, 2.05) is 37.4 Å². The maximum absolute atomic E-state index is 12.4. The highest BCUT2D eigenvalue weighted by atomic mass is 16.2. The van der Waals surface area contributed by atoms with Crippen LogP contribution in [0.25, 0.3) is 0 Å². The Balaban J connectivity index is 1.92. The largest absolute Gasteiger partial charge is 0.355 e. The van der Waals surface area contributed by atoms with Crippen LogP contribution in [0.5, 0.6) is 0 Å². The van der Waals surface area contributed by atoms with Gasteiger partial charge in [-0.25, -0.2) is 0 Å². The smallest absolute Gasteiger partial charge is 0.251 e. The van der Waals surface area contributed by atoms with E-state index in [9.17, 15) is 9.59 Å². The summed E-state index contributed by atoms with van der Waals surface area (Å²) in [7, 11) is 3.42. The Morgan fingerprint density at radius 2 is 1.67 bits per heavy atom. The topological polar surface area (TPSA) is 49.4 Å². The summed E-state index contributed by atoms with van der Waals surface area (Å²) >= 11 is 0. The van der Waals surface area contributed by atoms with Gasteiger partial charge in [-0.05, 0) is 29.2 Å². The van der Waals surface area contributed by atoms with Crippen molar-refractivity contribution in [2.45, 2.75) is 25.8 Å². The van der Waals surface area contributed by atoms with Gasteiger partial charge in [-0.3, -0.25) is 9.59 Å². The molecule has 0 aliphatic carbocycles. The summed E-state index contributed by atoms with van der Waals surface area (Å²) in [6.07, 6.45) is 0.483. The Morgan fingerprint density at radius 1 is 1.04 bits per heavy atom. The number of carbonyl (C=O) groups is 2. The average Bonchev–Trinajstić information content (AvgIpc) is 2.62. The van der Waals surface area contributed by atoms with Gasteiger partial charge in [-0.2, -0.15) is 0 Å². The maximum atomic E-state index is 12.4. The molecule has 0 saturated carbocycles. The zero-order valence-electron chi connectivity index (χ0n) is 14.5. The molecule has 0 saturated heterocycles. The van der Waals surface area contributed by atoms with Crippen molar-refractivity contribution in [1.82, 2.24) is 10.2 Å². The van der Waals surface area contributed by atoms with Gasteiger partial charge < -0.3 is 10.2 Å². The molecular weight excluding hydrogens is 300 g/mol. The molecule has 1 atom stereocenters. The second-order valence-corrected chi connectivity index (χ2v) is 6.04. The Bertz CT molecular complexity index is 681. The first-order valence-corrected chi connectivity index (χ1v) is 8.11. The van der Waals surface area contributed by atoms with Crippen LogP contribution in [0.1, 0.15) is 40.7 Å². The normalized spacial score (nSPS) is 11.6. The highest BCUT2D eigenvalue weighted by Crippen LogP contribution is 2.19. The highest BCUT2D eigenvalue weighted by Gasteiger charge is 2.15. The molecule has 0 aliphatic heterocycles. The molecule has 2 aromatic carbocycles. The van der Waals surface area contributed by atoms with Crippen molar-refractivity contribution >= 4 is 11.8 Å². The minimum Gasteiger partial charge on any atom is -0.355 e. The van der Waals surface area contributed by atoms with Crippen LogP contribution >= 0.6 is 0 Å². The minimum absolute atomic E-state index is 0.109. The van der Waals surface area contributed by atoms with Crippen molar-refractivity contribution in [3.8, 4) is 0 Å². The molecule has 1 unspecified atom stereocenters. The number of hydrogen-bond acceptors (Lipinski definition) is 2. The highest BCUT2D eigenvalue weighted by molar-refractivity contribution is 5.93. The first kappa shape index (κ1) is 17.7. The second-order valence-electron chi connectivity index (χ2n) is 6.04. The molecule has 24 heavy (non-hydrogen) atoms. The lowest BCUT2D eigenvalue weighted by Crippen LogP contribution is -2.27. The molecular formula is C20H24N2O2. The van der Waals surface area contributed by atoms with E-state index in [-0.39, 0.29) is 17.7 Å². The van der Waals surface area contributed by atoms with Crippen molar-refractivity contribution in [1.29, 1.82) is 0 Å². The molecule has 2 rings (SSSR count). The predicted molar refractivity (Wildman–Crippen MR) is 95.8 cm³/mol. The lowest BCUT2D eigenvalue weighted by molar-refractivity contribution is -0.130. The van der Waals surface area contributed by atoms with Gasteiger partial charge >= 0.3 is 0 Å². The minimum atomic E-state index is -0.109. The van der Waals surface area contributed by atoms with Gasteiger partial charge in [0.05, 0.1) is 0 Å². The molecule has 126 valence electrons. The van der Waals surface area contributed by atoms with E-state index in [1.165, 1.54) is 5.56 Å². The van der Waals surface area contributed by atoms with Crippen LogP contribution < -0.4 is 5.32 Å². The number of nitrogens with zero attached hydrogens (tertiary/aromatic N) is 1. The fourth-order valence-corrected chi connectivity index (χ4v) is 2.59. The van der Waals surface area contributed by atoms with Gasteiger partial charge in [0.1, 0.15) is 0 Å². The third-order valence-electron chi connectivity index (χ3n) is 4.14. The Morgan fingerprint density at radius 3 is 2.25 bits per heavy atom. The van der Waals surface area contributed by atoms with Crippen molar-refractivity contribution in [2.24, 2.45) is 0 Å². The molecule has 4 nitrogen and oxygen atoms in total. The first-order chi connectivity index (χ1) is 11.5. The van der Waals surface area contributed by atoms with E-state index in [1.54, 1.807) is 24.1 Å². The number of hydrogen-bond donors (Lipinski definition) is 1. The van der Waals surface area contributed by atoms with Crippen LogP contribution in [0, 0.1) is 0 Å². The number of nitrogens with one attached hydrogen (secondary N) is 1. The van der Waals surface area contributed by atoms with E-state index in [0.29, 0.717) is 18.5 Å². The molecule has 0 radical (unpaired) electrons. The predicted octanol–water partition coefficient (Wildman–Crippen LogP) is 3.20. The molecule has 4 heteroatoms. The fraction of sp³-hybridized carbons (Fsp3) is 0.300. The van der Waals surface area contributed by atoms with Crippen LogP contribution in [0.4, 0.5) is 0 Å². The average molecular weight is 324 g/mol. The van der Waals surface area contributed by atoms with Crippen LogP contribution in [0.3, 0.4) is 0 Å². The standard InChI is InChI=1S/C20H24N2O2/c1-15(17-7-5-4-6-8-17)13-19(23)22(3)14-16-9-11-18(12-10-16)20(24)21-2/h4-12,15H,13-14H2,1-3H3,(H,21,24). The molecule has 0 fully saturated rings. The molecule has 1 N–H and O–H groups in total. The van der Waals surface area contributed by atoms with Gasteiger partial charge in [-0.1, -0.05) is 49.4 Å². The summed E-state index contributed by atoms with van der Waals surface area (Å²) in [4.78, 5) is 25.7. The molecule has 0 aliphatic rings. The second kappa shape index (κ2) is 8.29. The van der Waals surface area contributed by atoms with Crippen molar-refractivity contribution in [3.63, 3.8) is 0 Å². The first-order valence-electron chi connectivity index (χ1n) is 8.11. The van der Waals surface area contributed by atoms with E-state index < -0.39 is 0 Å². The molecule has 2 amide bonds. The zero-order valence-corrected chi connectivity index (χ0v) is 14.5. The molecule has 0 bridgehead atoms. The number of amides is 2. The van der Waals surface area contributed by atoms with Gasteiger partial charge in [0, 0.05) is 32.6 Å². The molecule has 0 spiro atoms. The van der Waals surface area contributed by atoms with Crippen LogP contribution in [0.2, 0.25) is 0 Å². The summed E-state index contributed by atoms with van der Waals surface area (Å²) in [6, 6.07) is 17.4. The van der Waals surface area contributed by atoms with Crippen molar-refractivity contribution < 1.29 is 9.59 Å². The lowest BCUT2D eigenvalue weighted by Gasteiger charge is -2.20. The molecule has 0 aromatic heterocycles. The summed E-state index contributed by atoms with van der Waals surface area (Å²) in [6.45, 7) is 2.60. The summed E-state index contributed by atoms with van der Waals surface area (Å²) in [5.41, 5.74) is 2.80. The van der Waals surface area contributed by atoms with E-state index in [4.69, 9.17) is 0 Å². The SMILES string of the molecule is CNC(=O)c1ccc(CN(C)C(=O)CC(C)c2ccccc2)cc1. The fourth-order valence-electron chi connectivity index (χ4n) is 2.59. The third kappa shape index (κ3) is 4.69. The summed E-state index contributed by atoms with van der Waals surface area (Å²) < 4.78 is 0. The van der Waals surface area contributed by atoms with Gasteiger partial charge in [0.25, 0.3) is 5.91 Å². The monoisotopic (exact) mass is 324 g/mol. The number of benzene rings is 2. The van der Waals surface area contributed by atoms with E-state index in [0.717, 1.165) is 5.56 Å². The summed E-state index contributed by atoms with van der Waals surface area (Å²) in [5.74, 6) is 0.196. The Labute approximate surface area is 143 Å². The van der Waals surface area contributed by atoms with E-state index >= 15 is 0 Å².